The lowest BCUT2D eigenvalue weighted by molar-refractivity contribution is -0.141. The van der Waals surface area contributed by atoms with Gasteiger partial charge in [-0.3, -0.25) is 14.8 Å². The van der Waals surface area contributed by atoms with Crippen LogP contribution in [0.25, 0.3) is 11.1 Å². The highest BCUT2D eigenvalue weighted by Gasteiger charge is 2.34. The number of benzene rings is 1. The average molecular weight is 511 g/mol. The van der Waals surface area contributed by atoms with Crippen molar-refractivity contribution in [2.75, 3.05) is 16.8 Å². The van der Waals surface area contributed by atoms with Crippen molar-refractivity contribution in [1.82, 2.24) is 9.97 Å². The van der Waals surface area contributed by atoms with Gasteiger partial charge in [-0.2, -0.15) is 13.2 Å². The Labute approximate surface area is 216 Å². The number of nitrogens with one attached hydrogen (secondary N) is 1. The highest BCUT2D eigenvalue weighted by atomic mass is 19.4. The number of halogens is 3. The maximum atomic E-state index is 13.0. The SMILES string of the molecule is CCCN1c2cc(-c3cc(NC(=O)c4ccnc(C(F)(F)F)c4)ccc3C)cnc2CC(CC)C1CC. The lowest BCUT2D eigenvalue weighted by Crippen LogP contribution is -2.45. The summed E-state index contributed by atoms with van der Waals surface area (Å²) in [6.07, 6.45) is 2.46. The minimum absolute atomic E-state index is 0.105. The summed E-state index contributed by atoms with van der Waals surface area (Å²) in [7, 11) is 0. The van der Waals surface area contributed by atoms with Crippen LogP contribution in [0.1, 0.15) is 67.3 Å². The molecule has 4 rings (SSSR count). The third kappa shape index (κ3) is 5.63. The fourth-order valence-electron chi connectivity index (χ4n) is 5.29. The van der Waals surface area contributed by atoms with Crippen molar-refractivity contribution in [3.63, 3.8) is 0 Å². The molecule has 5 nitrogen and oxygen atoms in total. The summed E-state index contributed by atoms with van der Waals surface area (Å²) >= 11 is 0. The first-order valence-corrected chi connectivity index (χ1v) is 12.9. The monoisotopic (exact) mass is 510 g/mol. The lowest BCUT2D eigenvalue weighted by atomic mass is 9.84. The van der Waals surface area contributed by atoms with Crippen LogP contribution in [0.15, 0.2) is 48.8 Å². The first-order chi connectivity index (χ1) is 17.7. The smallest absolute Gasteiger partial charge is 0.367 e. The molecule has 0 saturated carbocycles. The van der Waals surface area contributed by atoms with E-state index in [0.29, 0.717) is 17.6 Å². The second-order valence-corrected chi connectivity index (χ2v) is 9.64. The number of anilines is 2. The van der Waals surface area contributed by atoms with Gasteiger partial charge in [0.2, 0.25) is 0 Å². The Hall–Kier alpha value is -3.42. The van der Waals surface area contributed by atoms with Gasteiger partial charge in [-0.25, -0.2) is 0 Å². The van der Waals surface area contributed by atoms with Crippen LogP contribution in [-0.4, -0.2) is 28.5 Å². The summed E-state index contributed by atoms with van der Waals surface area (Å²) in [5.41, 5.74) is 4.46. The molecular formula is C29H33F3N4O. The molecule has 0 saturated heterocycles. The maximum absolute atomic E-state index is 13.0. The first kappa shape index (κ1) is 26.6. The molecule has 3 heterocycles. The van der Waals surface area contributed by atoms with E-state index in [1.54, 1.807) is 6.07 Å². The van der Waals surface area contributed by atoms with E-state index in [-0.39, 0.29) is 5.56 Å². The largest absolute Gasteiger partial charge is 0.433 e. The highest BCUT2D eigenvalue weighted by Crippen LogP contribution is 2.39. The molecule has 1 aliphatic rings. The van der Waals surface area contributed by atoms with Gasteiger partial charge in [0.25, 0.3) is 5.91 Å². The normalized spacial score (nSPS) is 17.4. The molecule has 2 atom stereocenters. The number of aromatic nitrogens is 2. The zero-order valence-corrected chi connectivity index (χ0v) is 21.7. The third-order valence-electron chi connectivity index (χ3n) is 7.18. The van der Waals surface area contributed by atoms with E-state index in [1.807, 2.05) is 25.3 Å². The molecule has 0 bridgehead atoms. The number of alkyl halides is 3. The van der Waals surface area contributed by atoms with Crippen LogP contribution in [0.2, 0.25) is 0 Å². The van der Waals surface area contributed by atoms with E-state index in [4.69, 9.17) is 4.98 Å². The lowest BCUT2D eigenvalue weighted by Gasteiger charge is -2.43. The van der Waals surface area contributed by atoms with Crippen molar-refractivity contribution in [3.05, 3.63) is 71.3 Å². The van der Waals surface area contributed by atoms with Crippen LogP contribution in [0.4, 0.5) is 24.5 Å². The van der Waals surface area contributed by atoms with Crippen molar-refractivity contribution >= 4 is 17.3 Å². The molecule has 1 aliphatic heterocycles. The zero-order valence-electron chi connectivity index (χ0n) is 21.7. The standard InChI is InChI=1S/C29H33F3N4O/c1-5-12-36-25(7-3)19(6-2)13-24-26(36)14-21(17-34-24)23-16-22(9-8-18(23)4)35-28(37)20-10-11-33-27(15-20)29(30,31)32/h8-11,14-17,19,25H,5-7,12-13H2,1-4H3,(H,35,37). The highest BCUT2D eigenvalue weighted by molar-refractivity contribution is 6.04. The Morgan fingerprint density at radius 1 is 1.08 bits per heavy atom. The second-order valence-electron chi connectivity index (χ2n) is 9.64. The number of hydrogen-bond donors (Lipinski definition) is 1. The molecule has 0 spiro atoms. The Morgan fingerprint density at radius 2 is 1.86 bits per heavy atom. The molecular weight excluding hydrogens is 477 g/mol. The van der Waals surface area contributed by atoms with Gasteiger partial charge < -0.3 is 10.2 Å². The summed E-state index contributed by atoms with van der Waals surface area (Å²) in [6.45, 7) is 9.64. The molecule has 196 valence electrons. The Bertz CT molecular complexity index is 1270. The molecule has 2 aromatic heterocycles. The van der Waals surface area contributed by atoms with Gasteiger partial charge in [-0.15, -0.1) is 0 Å². The maximum Gasteiger partial charge on any atom is 0.433 e. The topological polar surface area (TPSA) is 58.1 Å². The molecule has 0 radical (unpaired) electrons. The number of carbonyl (C=O) groups is 1. The fourth-order valence-corrected chi connectivity index (χ4v) is 5.29. The van der Waals surface area contributed by atoms with Crippen LogP contribution in [0.5, 0.6) is 0 Å². The Kier molecular flexibility index (Phi) is 7.85. The van der Waals surface area contributed by atoms with Crippen molar-refractivity contribution < 1.29 is 18.0 Å². The van der Waals surface area contributed by atoms with Gasteiger partial charge in [0.15, 0.2) is 0 Å². The summed E-state index contributed by atoms with van der Waals surface area (Å²) in [6, 6.07) is 10.2. The fraction of sp³-hybridized carbons (Fsp3) is 0.414. The molecule has 37 heavy (non-hydrogen) atoms. The zero-order chi connectivity index (χ0) is 26.7. The van der Waals surface area contributed by atoms with Gasteiger partial charge in [0.05, 0.1) is 11.4 Å². The number of amides is 1. The first-order valence-electron chi connectivity index (χ1n) is 12.9. The molecule has 0 fully saturated rings. The van der Waals surface area contributed by atoms with Gasteiger partial charge in [0.1, 0.15) is 5.69 Å². The number of hydrogen-bond acceptors (Lipinski definition) is 4. The molecule has 2 unspecified atom stereocenters. The molecule has 1 aromatic carbocycles. The van der Waals surface area contributed by atoms with Crippen LogP contribution in [0.3, 0.4) is 0 Å². The van der Waals surface area contributed by atoms with Crippen LogP contribution in [0, 0.1) is 12.8 Å². The minimum atomic E-state index is -4.62. The van der Waals surface area contributed by atoms with Crippen molar-refractivity contribution in [3.8, 4) is 11.1 Å². The van der Waals surface area contributed by atoms with Crippen molar-refractivity contribution in [2.45, 2.75) is 65.6 Å². The van der Waals surface area contributed by atoms with E-state index >= 15 is 0 Å². The minimum Gasteiger partial charge on any atom is -0.367 e. The third-order valence-corrected chi connectivity index (χ3v) is 7.18. The number of aryl methyl sites for hydroxylation is 1. The van der Waals surface area contributed by atoms with E-state index in [9.17, 15) is 18.0 Å². The summed E-state index contributed by atoms with van der Waals surface area (Å²) in [5.74, 6) is -0.0505. The quantitative estimate of drug-likeness (QED) is 0.362. The molecule has 3 aromatic rings. The molecule has 1 amide bonds. The number of pyridine rings is 2. The van der Waals surface area contributed by atoms with E-state index in [0.717, 1.165) is 66.9 Å². The molecule has 1 N–H and O–H groups in total. The van der Waals surface area contributed by atoms with Gasteiger partial charge in [-0.1, -0.05) is 33.3 Å². The molecule has 8 heteroatoms. The number of rotatable bonds is 7. The van der Waals surface area contributed by atoms with Crippen LogP contribution in [-0.2, 0) is 12.6 Å². The van der Waals surface area contributed by atoms with Gasteiger partial charge >= 0.3 is 6.18 Å². The summed E-state index contributed by atoms with van der Waals surface area (Å²) in [5, 5.41) is 2.73. The predicted molar refractivity (Wildman–Crippen MR) is 141 cm³/mol. The van der Waals surface area contributed by atoms with Crippen LogP contribution < -0.4 is 10.2 Å². The van der Waals surface area contributed by atoms with Gasteiger partial charge in [0, 0.05) is 41.8 Å². The number of fused-ring (bicyclic) bond motifs is 1. The Balaban J connectivity index is 1.65. The van der Waals surface area contributed by atoms with Crippen molar-refractivity contribution in [2.24, 2.45) is 5.92 Å². The van der Waals surface area contributed by atoms with Crippen LogP contribution >= 0.6 is 0 Å². The van der Waals surface area contributed by atoms with E-state index < -0.39 is 17.8 Å². The van der Waals surface area contributed by atoms with E-state index in [1.165, 1.54) is 11.8 Å². The predicted octanol–water partition coefficient (Wildman–Crippen LogP) is 7.30. The average Bonchev–Trinajstić information content (AvgIpc) is 2.89. The summed E-state index contributed by atoms with van der Waals surface area (Å²) < 4.78 is 39.1. The van der Waals surface area contributed by atoms with Gasteiger partial charge in [-0.05, 0) is 73.6 Å². The Morgan fingerprint density at radius 3 is 2.54 bits per heavy atom. The number of nitrogens with zero attached hydrogens (tertiary/aromatic N) is 3. The van der Waals surface area contributed by atoms with E-state index in [2.05, 4.69) is 42.0 Å². The van der Waals surface area contributed by atoms with Crippen molar-refractivity contribution in [1.29, 1.82) is 0 Å². The molecule has 0 aliphatic carbocycles. The summed E-state index contributed by atoms with van der Waals surface area (Å²) in [4.78, 5) is 23.4. The second kappa shape index (κ2) is 10.9. The number of carbonyl (C=O) groups excluding carboxylic acids is 1.